The zero-order chi connectivity index (χ0) is 13.5. The summed E-state index contributed by atoms with van der Waals surface area (Å²) in [6.45, 7) is 3.20. The first kappa shape index (κ1) is 14.3. The van der Waals surface area contributed by atoms with Crippen molar-refractivity contribution >= 4 is 11.3 Å². The monoisotopic (exact) mass is 277 g/mol. The number of aryl methyl sites for hydroxylation is 2. The minimum Gasteiger partial charge on any atom is -0.312 e. The predicted octanol–water partition coefficient (Wildman–Crippen LogP) is 3.64. The fourth-order valence-corrected chi connectivity index (χ4v) is 3.16. The van der Waals surface area contributed by atoms with E-state index < -0.39 is 0 Å². The van der Waals surface area contributed by atoms with Gasteiger partial charge in [-0.15, -0.1) is 11.3 Å². The van der Waals surface area contributed by atoms with Gasteiger partial charge in [0.05, 0.1) is 5.69 Å². The largest absolute Gasteiger partial charge is 0.312 e. The fraction of sp³-hybridized carbons (Fsp3) is 0.533. The molecule has 2 aromatic heterocycles. The molecule has 0 radical (unpaired) electrons. The van der Waals surface area contributed by atoms with Crippen LogP contribution in [0.2, 0.25) is 0 Å². The molecule has 2 rings (SSSR count). The Morgan fingerprint density at radius 2 is 2.32 bits per heavy atom. The van der Waals surface area contributed by atoms with Crippen LogP contribution in [0, 0.1) is 0 Å². The summed E-state index contributed by atoms with van der Waals surface area (Å²) in [4.78, 5) is 1.48. The van der Waals surface area contributed by atoms with Gasteiger partial charge in [-0.2, -0.15) is 5.10 Å². The molecule has 1 N–H and O–H groups in total. The quantitative estimate of drug-likeness (QED) is 0.798. The number of aromatic nitrogens is 2. The summed E-state index contributed by atoms with van der Waals surface area (Å²) in [5.41, 5.74) is 1.32. The number of thiophene rings is 1. The average molecular weight is 277 g/mol. The molecule has 0 bridgehead atoms. The van der Waals surface area contributed by atoms with Gasteiger partial charge in [0.15, 0.2) is 0 Å². The molecule has 0 aliphatic heterocycles. The molecule has 104 valence electrons. The molecule has 0 spiro atoms. The van der Waals surface area contributed by atoms with Gasteiger partial charge in [-0.25, -0.2) is 0 Å². The fourth-order valence-electron chi connectivity index (χ4n) is 2.41. The molecule has 1 unspecified atom stereocenters. The van der Waals surface area contributed by atoms with Crippen LogP contribution in [0.25, 0.3) is 0 Å². The van der Waals surface area contributed by atoms with E-state index in [9.17, 15) is 0 Å². The Balaban J connectivity index is 1.90. The molecule has 0 fully saturated rings. The van der Waals surface area contributed by atoms with Crippen LogP contribution in [0.1, 0.15) is 42.8 Å². The molecule has 3 nitrogen and oxygen atoms in total. The summed E-state index contributed by atoms with van der Waals surface area (Å²) >= 11 is 1.85. The summed E-state index contributed by atoms with van der Waals surface area (Å²) in [5, 5.41) is 9.99. The van der Waals surface area contributed by atoms with E-state index in [4.69, 9.17) is 0 Å². The molecule has 0 amide bonds. The number of hydrogen-bond donors (Lipinski definition) is 1. The van der Waals surface area contributed by atoms with Crippen LogP contribution in [0.5, 0.6) is 0 Å². The third kappa shape index (κ3) is 3.91. The molecule has 0 saturated heterocycles. The molecule has 0 aliphatic carbocycles. The smallest absolute Gasteiger partial charge is 0.0553 e. The number of hydrogen-bond acceptors (Lipinski definition) is 3. The maximum Gasteiger partial charge on any atom is 0.0553 e. The number of nitrogens with zero attached hydrogens (tertiary/aromatic N) is 2. The second-order valence-electron chi connectivity index (χ2n) is 4.79. The first-order valence-electron chi connectivity index (χ1n) is 7.06. The van der Waals surface area contributed by atoms with E-state index in [1.165, 1.54) is 23.4 Å². The van der Waals surface area contributed by atoms with Gasteiger partial charge in [0.2, 0.25) is 0 Å². The Bertz CT molecular complexity index is 461. The summed E-state index contributed by atoms with van der Waals surface area (Å²) < 4.78 is 2.13. The van der Waals surface area contributed by atoms with Crippen LogP contribution in [0.4, 0.5) is 0 Å². The molecule has 19 heavy (non-hydrogen) atoms. The van der Waals surface area contributed by atoms with Crippen molar-refractivity contribution in [1.29, 1.82) is 0 Å². The van der Waals surface area contributed by atoms with Crippen LogP contribution in [0.15, 0.2) is 29.8 Å². The van der Waals surface area contributed by atoms with Crippen LogP contribution in [0.3, 0.4) is 0 Å². The van der Waals surface area contributed by atoms with Crippen molar-refractivity contribution in [1.82, 2.24) is 15.1 Å². The Hall–Kier alpha value is -1.13. The number of rotatable bonds is 8. The second kappa shape index (κ2) is 7.46. The van der Waals surface area contributed by atoms with Crippen LogP contribution >= 0.6 is 11.3 Å². The lowest BCUT2D eigenvalue weighted by atomic mass is 10.1. The molecule has 1 atom stereocenters. The first-order valence-corrected chi connectivity index (χ1v) is 7.94. The molecule has 0 saturated carbocycles. The topological polar surface area (TPSA) is 29.9 Å². The van der Waals surface area contributed by atoms with Crippen molar-refractivity contribution in [3.8, 4) is 0 Å². The lowest BCUT2D eigenvalue weighted by Crippen LogP contribution is -2.20. The van der Waals surface area contributed by atoms with E-state index in [0.29, 0.717) is 6.04 Å². The van der Waals surface area contributed by atoms with Crippen molar-refractivity contribution in [2.24, 2.45) is 0 Å². The Morgan fingerprint density at radius 3 is 3.00 bits per heavy atom. The van der Waals surface area contributed by atoms with Crippen LogP contribution in [-0.4, -0.2) is 16.8 Å². The Kier molecular flexibility index (Phi) is 5.61. The van der Waals surface area contributed by atoms with Crippen LogP contribution < -0.4 is 5.32 Å². The third-order valence-electron chi connectivity index (χ3n) is 3.39. The van der Waals surface area contributed by atoms with Crippen molar-refractivity contribution in [3.05, 3.63) is 40.3 Å². The predicted molar refractivity (Wildman–Crippen MR) is 81.6 cm³/mol. The third-order valence-corrected chi connectivity index (χ3v) is 4.32. The molecule has 0 aliphatic rings. The molecule has 0 aromatic carbocycles. The minimum absolute atomic E-state index is 0.411. The van der Waals surface area contributed by atoms with Crippen molar-refractivity contribution in [2.45, 2.75) is 45.2 Å². The van der Waals surface area contributed by atoms with Crippen molar-refractivity contribution in [3.63, 3.8) is 0 Å². The standard InChI is InChI=1S/C15H23N3S/c1-3-11-18-15(9-10-17-18)14(16-2)8-4-6-13-7-5-12-19-13/h5,7,9-10,12,14,16H,3-4,6,8,11H2,1-2H3. The van der Waals surface area contributed by atoms with E-state index in [1.54, 1.807) is 0 Å². The van der Waals surface area contributed by atoms with Gasteiger partial charge in [0.1, 0.15) is 0 Å². The van der Waals surface area contributed by atoms with Crippen molar-refractivity contribution < 1.29 is 0 Å². The molecule has 4 heteroatoms. The summed E-state index contributed by atoms with van der Waals surface area (Å²) in [7, 11) is 2.04. The summed E-state index contributed by atoms with van der Waals surface area (Å²) in [5.74, 6) is 0. The summed E-state index contributed by atoms with van der Waals surface area (Å²) in [6.07, 6.45) is 6.58. The van der Waals surface area contributed by atoms with E-state index in [-0.39, 0.29) is 0 Å². The van der Waals surface area contributed by atoms with Gasteiger partial charge in [-0.3, -0.25) is 4.68 Å². The van der Waals surface area contributed by atoms with Gasteiger partial charge < -0.3 is 5.32 Å². The Labute approximate surface area is 119 Å². The van der Waals surface area contributed by atoms with Gasteiger partial charge >= 0.3 is 0 Å². The van der Waals surface area contributed by atoms with E-state index in [1.807, 2.05) is 24.6 Å². The Morgan fingerprint density at radius 1 is 1.42 bits per heavy atom. The van der Waals surface area contributed by atoms with Crippen LogP contribution in [-0.2, 0) is 13.0 Å². The highest BCUT2D eigenvalue weighted by atomic mass is 32.1. The minimum atomic E-state index is 0.411. The van der Waals surface area contributed by atoms with E-state index in [0.717, 1.165) is 19.4 Å². The summed E-state index contributed by atoms with van der Waals surface area (Å²) in [6, 6.07) is 6.91. The zero-order valence-electron chi connectivity index (χ0n) is 11.8. The highest BCUT2D eigenvalue weighted by molar-refractivity contribution is 7.09. The lowest BCUT2D eigenvalue weighted by molar-refractivity contribution is 0.466. The average Bonchev–Trinajstić information content (AvgIpc) is 3.07. The molecular formula is C15H23N3S. The zero-order valence-corrected chi connectivity index (χ0v) is 12.6. The van der Waals surface area contributed by atoms with Gasteiger partial charge in [0.25, 0.3) is 0 Å². The van der Waals surface area contributed by atoms with Gasteiger partial charge in [-0.1, -0.05) is 13.0 Å². The highest BCUT2D eigenvalue weighted by Crippen LogP contribution is 2.20. The molecule has 2 heterocycles. The number of nitrogens with one attached hydrogen (secondary N) is 1. The van der Waals surface area contributed by atoms with E-state index in [2.05, 4.69) is 45.6 Å². The maximum atomic E-state index is 4.41. The SMILES string of the molecule is CCCn1nccc1C(CCCc1cccs1)NC. The van der Waals surface area contributed by atoms with Gasteiger partial charge in [0, 0.05) is 23.7 Å². The maximum absolute atomic E-state index is 4.41. The lowest BCUT2D eigenvalue weighted by Gasteiger charge is -2.17. The second-order valence-corrected chi connectivity index (χ2v) is 5.82. The molecule has 2 aromatic rings. The van der Waals surface area contributed by atoms with E-state index >= 15 is 0 Å². The highest BCUT2D eigenvalue weighted by Gasteiger charge is 2.13. The van der Waals surface area contributed by atoms with Gasteiger partial charge in [-0.05, 0) is 50.2 Å². The molecular weight excluding hydrogens is 254 g/mol. The normalized spacial score (nSPS) is 12.7. The first-order chi connectivity index (χ1) is 9.35. The van der Waals surface area contributed by atoms with Crippen molar-refractivity contribution in [2.75, 3.05) is 7.05 Å².